The van der Waals surface area contributed by atoms with Crippen LogP contribution in [0.15, 0.2) is 0 Å². The third-order valence-electron chi connectivity index (χ3n) is 2.82. The van der Waals surface area contributed by atoms with Crippen molar-refractivity contribution < 1.29 is 9.13 Å². The van der Waals surface area contributed by atoms with E-state index in [2.05, 4.69) is 10.4 Å². The Balaban J connectivity index is 2.55. The average Bonchev–Trinajstić information content (AvgIpc) is 2.58. The number of methoxy groups -OCH3 is 1. The third-order valence-corrected chi connectivity index (χ3v) is 2.82. The Labute approximate surface area is 102 Å². The summed E-state index contributed by atoms with van der Waals surface area (Å²) in [5.74, 6) is 0. The summed E-state index contributed by atoms with van der Waals surface area (Å²) in [4.78, 5) is 0. The number of ether oxygens (including phenoxy) is 1. The predicted octanol–water partition coefficient (Wildman–Crippen LogP) is 1.60. The molecule has 1 aromatic rings. The number of hydrogen-bond donors (Lipinski definition) is 1. The van der Waals surface area contributed by atoms with Crippen LogP contribution in [0.1, 0.15) is 23.4 Å². The predicted molar refractivity (Wildman–Crippen MR) is 65.9 cm³/mol. The molecule has 0 spiro atoms. The Kier molecular flexibility index (Phi) is 6.15. The van der Waals surface area contributed by atoms with E-state index < -0.39 is 0 Å². The van der Waals surface area contributed by atoms with Gasteiger partial charge in [-0.25, -0.2) is 0 Å². The summed E-state index contributed by atoms with van der Waals surface area (Å²) in [6.45, 7) is 6.70. The molecule has 0 fully saturated rings. The van der Waals surface area contributed by atoms with Crippen LogP contribution in [0.5, 0.6) is 0 Å². The average molecular weight is 243 g/mol. The van der Waals surface area contributed by atoms with E-state index in [0.717, 1.165) is 24.5 Å². The van der Waals surface area contributed by atoms with E-state index in [1.54, 1.807) is 7.11 Å². The summed E-state index contributed by atoms with van der Waals surface area (Å²) in [5.41, 5.74) is 3.35. The van der Waals surface area contributed by atoms with Crippen LogP contribution in [-0.4, -0.2) is 36.7 Å². The van der Waals surface area contributed by atoms with E-state index in [4.69, 9.17) is 4.74 Å². The van der Waals surface area contributed by atoms with Gasteiger partial charge in [-0.3, -0.25) is 9.07 Å². The van der Waals surface area contributed by atoms with Crippen molar-refractivity contribution >= 4 is 0 Å². The second-order valence-corrected chi connectivity index (χ2v) is 4.08. The Bertz CT molecular complexity index is 339. The molecule has 0 bridgehead atoms. The Morgan fingerprint density at radius 3 is 2.82 bits per heavy atom. The van der Waals surface area contributed by atoms with E-state index in [-0.39, 0.29) is 6.67 Å². The maximum atomic E-state index is 12.1. The molecule has 98 valence electrons. The van der Waals surface area contributed by atoms with Crippen LogP contribution in [0.3, 0.4) is 0 Å². The number of aryl methyl sites for hydroxylation is 2. The minimum Gasteiger partial charge on any atom is -0.383 e. The molecule has 0 aliphatic rings. The van der Waals surface area contributed by atoms with E-state index in [1.165, 1.54) is 5.56 Å². The summed E-state index contributed by atoms with van der Waals surface area (Å²) >= 11 is 0. The van der Waals surface area contributed by atoms with Gasteiger partial charge in [0.1, 0.15) is 0 Å². The molecule has 5 heteroatoms. The van der Waals surface area contributed by atoms with Gasteiger partial charge in [-0.1, -0.05) is 0 Å². The smallest absolute Gasteiger partial charge is 0.0912 e. The van der Waals surface area contributed by atoms with Gasteiger partial charge in [0.05, 0.1) is 19.0 Å². The van der Waals surface area contributed by atoms with Crippen LogP contribution >= 0.6 is 0 Å². The minimum absolute atomic E-state index is 0.292. The normalized spacial score (nSPS) is 11.1. The van der Waals surface area contributed by atoms with Gasteiger partial charge in [-0.05, 0) is 20.3 Å². The molecule has 0 saturated heterocycles. The van der Waals surface area contributed by atoms with Crippen LogP contribution < -0.4 is 5.32 Å². The highest BCUT2D eigenvalue weighted by atomic mass is 19.1. The zero-order valence-corrected chi connectivity index (χ0v) is 10.9. The van der Waals surface area contributed by atoms with Gasteiger partial charge in [0.25, 0.3) is 0 Å². The molecule has 0 aliphatic carbocycles. The molecule has 1 aromatic heterocycles. The topological polar surface area (TPSA) is 39.1 Å². The fraction of sp³-hybridized carbons (Fsp3) is 0.750. The number of alkyl halides is 1. The maximum absolute atomic E-state index is 12.1. The fourth-order valence-corrected chi connectivity index (χ4v) is 1.80. The van der Waals surface area contributed by atoms with Crippen molar-refractivity contribution in [1.29, 1.82) is 0 Å². The van der Waals surface area contributed by atoms with Crippen molar-refractivity contribution in [2.75, 3.05) is 26.9 Å². The lowest BCUT2D eigenvalue weighted by molar-refractivity contribution is 0.199. The Hall–Kier alpha value is -0.940. The van der Waals surface area contributed by atoms with Crippen LogP contribution in [-0.2, 0) is 17.8 Å². The number of nitrogens with one attached hydrogen (secondary N) is 1. The van der Waals surface area contributed by atoms with Gasteiger partial charge in [-0.15, -0.1) is 0 Å². The van der Waals surface area contributed by atoms with E-state index >= 15 is 0 Å². The Morgan fingerprint density at radius 1 is 1.41 bits per heavy atom. The highest BCUT2D eigenvalue weighted by Gasteiger charge is 2.10. The molecule has 0 radical (unpaired) electrons. The first-order chi connectivity index (χ1) is 8.20. The fourth-order valence-electron chi connectivity index (χ4n) is 1.80. The van der Waals surface area contributed by atoms with Crippen molar-refractivity contribution in [3.63, 3.8) is 0 Å². The summed E-state index contributed by atoms with van der Waals surface area (Å²) in [6.07, 6.45) is 0.526. The second-order valence-electron chi connectivity index (χ2n) is 4.08. The van der Waals surface area contributed by atoms with Crippen LogP contribution in [0.25, 0.3) is 0 Å². The molecule has 4 nitrogen and oxygen atoms in total. The molecule has 0 aliphatic heterocycles. The zero-order chi connectivity index (χ0) is 12.7. The highest BCUT2D eigenvalue weighted by Crippen LogP contribution is 2.13. The SMILES string of the molecule is COCCNCc1c(C)nn(CCCF)c1C. The van der Waals surface area contributed by atoms with Crippen LogP contribution in [0.2, 0.25) is 0 Å². The molecular weight excluding hydrogens is 221 g/mol. The molecule has 0 amide bonds. The summed E-state index contributed by atoms with van der Waals surface area (Å²) in [5, 5.41) is 7.73. The van der Waals surface area contributed by atoms with Gasteiger partial charge < -0.3 is 10.1 Å². The minimum atomic E-state index is -0.292. The highest BCUT2D eigenvalue weighted by molar-refractivity contribution is 5.24. The largest absolute Gasteiger partial charge is 0.383 e. The first-order valence-corrected chi connectivity index (χ1v) is 5.99. The molecule has 1 rings (SSSR count). The van der Waals surface area contributed by atoms with E-state index in [9.17, 15) is 4.39 Å². The lowest BCUT2D eigenvalue weighted by Gasteiger charge is -2.05. The molecule has 0 unspecified atom stereocenters. The van der Waals surface area contributed by atoms with Crippen molar-refractivity contribution in [3.05, 3.63) is 17.0 Å². The molecule has 17 heavy (non-hydrogen) atoms. The molecule has 1 N–H and O–H groups in total. The first-order valence-electron chi connectivity index (χ1n) is 5.99. The quantitative estimate of drug-likeness (QED) is 0.705. The van der Waals surface area contributed by atoms with Crippen molar-refractivity contribution in [2.45, 2.75) is 33.4 Å². The first kappa shape index (κ1) is 14.1. The number of aromatic nitrogens is 2. The molecule has 0 atom stereocenters. The Morgan fingerprint density at radius 2 is 2.18 bits per heavy atom. The van der Waals surface area contributed by atoms with Gasteiger partial charge in [0, 0.05) is 38.0 Å². The van der Waals surface area contributed by atoms with Gasteiger partial charge in [-0.2, -0.15) is 5.10 Å². The van der Waals surface area contributed by atoms with Crippen molar-refractivity contribution in [3.8, 4) is 0 Å². The van der Waals surface area contributed by atoms with Crippen molar-refractivity contribution in [1.82, 2.24) is 15.1 Å². The summed E-state index contributed by atoms with van der Waals surface area (Å²) < 4.78 is 19.0. The zero-order valence-electron chi connectivity index (χ0n) is 10.9. The molecular formula is C12H22FN3O. The number of rotatable bonds is 8. The van der Waals surface area contributed by atoms with E-state index in [1.807, 2.05) is 18.5 Å². The second kappa shape index (κ2) is 7.40. The van der Waals surface area contributed by atoms with Crippen molar-refractivity contribution in [2.24, 2.45) is 0 Å². The van der Waals surface area contributed by atoms with Crippen LogP contribution in [0.4, 0.5) is 4.39 Å². The van der Waals surface area contributed by atoms with Crippen LogP contribution in [0, 0.1) is 13.8 Å². The number of halogens is 1. The summed E-state index contributed by atoms with van der Waals surface area (Å²) in [7, 11) is 1.69. The number of hydrogen-bond acceptors (Lipinski definition) is 3. The number of nitrogens with zero attached hydrogens (tertiary/aromatic N) is 2. The molecule has 0 aromatic carbocycles. The maximum Gasteiger partial charge on any atom is 0.0912 e. The van der Waals surface area contributed by atoms with E-state index in [0.29, 0.717) is 19.6 Å². The molecule has 0 saturated carbocycles. The lowest BCUT2D eigenvalue weighted by atomic mass is 10.2. The lowest BCUT2D eigenvalue weighted by Crippen LogP contribution is -2.19. The van der Waals surface area contributed by atoms with Gasteiger partial charge >= 0.3 is 0 Å². The van der Waals surface area contributed by atoms with Gasteiger partial charge in [0.2, 0.25) is 0 Å². The molecule has 1 heterocycles. The monoisotopic (exact) mass is 243 g/mol. The van der Waals surface area contributed by atoms with Gasteiger partial charge in [0.15, 0.2) is 0 Å². The standard InChI is InChI=1S/C12H22FN3O/c1-10-12(9-14-6-8-17-3)11(2)16(15-10)7-4-5-13/h14H,4-9H2,1-3H3. The third kappa shape index (κ3) is 4.09. The summed E-state index contributed by atoms with van der Waals surface area (Å²) in [6, 6.07) is 0.